The van der Waals surface area contributed by atoms with E-state index in [0.29, 0.717) is 9.90 Å². The number of hydrogen-bond donors (Lipinski definition) is 0. The molecule has 16 heavy (non-hydrogen) atoms. The Morgan fingerprint density at radius 3 is 2.56 bits per heavy atom. The first kappa shape index (κ1) is 12.6. The van der Waals surface area contributed by atoms with Gasteiger partial charge in [0.2, 0.25) is 0 Å². The average molecular weight is 384 g/mol. The summed E-state index contributed by atoms with van der Waals surface area (Å²) in [4.78, 5) is 0.837. The third-order valence-electron chi connectivity index (χ3n) is 2.08. The topological polar surface area (TPSA) is 0 Å². The first-order valence-corrected chi connectivity index (χ1v) is 7.32. The highest BCUT2D eigenvalue weighted by molar-refractivity contribution is 9.10. The largest absolute Gasteiger partial charge is 0.207 e. The summed E-state index contributed by atoms with van der Waals surface area (Å²) < 4.78 is 15.1. The highest BCUT2D eigenvalue weighted by Gasteiger charge is 2.16. The molecule has 1 unspecified atom stereocenters. The maximum absolute atomic E-state index is 13.7. The summed E-state index contributed by atoms with van der Waals surface area (Å²) in [6.07, 6.45) is 0. The van der Waals surface area contributed by atoms with Crippen LogP contribution in [0.15, 0.2) is 34.8 Å². The number of rotatable bonds is 2. The van der Waals surface area contributed by atoms with Crippen molar-refractivity contribution in [3.05, 3.63) is 55.4 Å². The Hall–Kier alpha value is 0.1000. The van der Waals surface area contributed by atoms with E-state index < -0.39 is 0 Å². The minimum Gasteiger partial charge on any atom is -0.207 e. The Morgan fingerprint density at radius 2 is 2.00 bits per heavy atom. The van der Waals surface area contributed by atoms with Gasteiger partial charge in [-0.15, -0.1) is 11.3 Å². The molecule has 0 saturated heterocycles. The predicted octanol–water partition coefficient (Wildman–Crippen LogP) is 5.79. The van der Waals surface area contributed by atoms with E-state index in [0.717, 1.165) is 9.35 Å². The van der Waals surface area contributed by atoms with E-state index in [4.69, 9.17) is 11.6 Å². The molecule has 2 aromatic rings. The Balaban J connectivity index is 2.37. The predicted molar refractivity (Wildman–Crippen MR) is 74.2 cm³/mol. The van der Waals surface area contributed by atoms with Gasteiger partial charge in [-0.25, -0.2) is 4.39 Å². The molecule has 1 aromatic carbocycles. The molecule has 0 amide bonds. The summed E-state index contributed by atoms with van der Waals surface area (Å²) in [5, 5.41) is 0. The Bertz CT molecular complexity index is 512. The van der Waals surface area contributed by atoms with Gasteiger partial charge in [0.15, 0.2) is 0 Å². The molecular weight excluding hydrogens is 378 g/mol. The zero-order valence-corrected chi connectivity index (χ0v) is 12.6. The van der Waals surface area contributed by atoms with Gasteiger partial charge in [0, 0.05) is 14.9 Å². The molecule has 1 atom stereocenters. The summed E-state index contributed by atoms with van der Waals surface area (Å²) in [5.74, 6) is -0.235. The Morgan fingerprint density at radius 1 is 1.25 bits per heavy atom. The number of thiophene rings is 1. The lowest BCUT2D eigenvalue weighted by Gasteiger charge is -2.09. The van der Waals surface area contributed by atoms with E-state index in [1.807, 2.05) is 18.2 Å². The van der Waals surface area contributed by atoms with Gasteiger partial charge >= 0.3 is 0 Å². The van der Waals surface area contributed by atoms with Gasteiger partial charge in [0.25, 0.3) is 0 Å². The fourth-order valence-corrected chi connectivity index (χ4v) is 3.52. The fourth-order valence-electron chi connectivity index (χ4n) is 1.32. The average Bonchev–Trinajstić information content (AvgIpc) is 2.64. The van der Waals surface area contributed by atoms with Crippen molar-refractivity contribution in [3.63, 3.8) is 0 Å². The summed E-state index contributed by atoms with van der Waals surface area (Å²) in [6, 6.07) is 8.74. The van der Waals surface area contributed by atoms with Crippen LogP contribution in [0.1, 0.15) is 15.3 Å². The molecule has 0 nitrogen and oxygen atoms in total. The molecule has 5 heteroatoms. The van der Waals surface area contributed by atoms with E-state index in [1.165, 1.54) is 17.4 Å². The van der Waals surface area contributed by atoms with Crippen LogP contribution in [0, 0.1) is 5.82 Å². The number of halogens is 4. The molecule has 0 radical (unpaired) electrons. The SMILES string of the molecule is Fc1cc(Br)ccc1C(Br)c1ccc(Cl)s1. The fraction of sp³-hybridized carbons (Fsp3) is 0.0909. The molecule has 0 aliphatic carbocycles. The van der Waals surface area contributed by atoms with Crippen molar-refractivity contribution in [2.24, 2.45) is 0 Å². The number of benzene rings is 1. The smallest absolute Gasteiger partial charge is 0.129 e. The molecule has 0 aliphatic heterocycles. The molecule has 84 valence electrons. The molecule has 1 aromatic heterocycles. The van der Waals surface area contributed by atoms with Crippen LogP contribution in [-0.4, -0.2) is 0 Å². The normalized spacial score (nSPS) is 12.8. The molecule has 0 aliphatic rings. The van der Waals surface area contributed by atoms with Gasteiger partial charge in [-0.2, -0.15) is 0 Å². The molecule has 0 N–H and O–H groups in total. The van der Waals surface area contributed by atoms with Crippen molar-refractivity contribution >= 4 is 54.8 Å². The molecular formula is C11H6Br2ClFS. The maximum atomic E-state index is 13.7. The van der Waals surface area contributed by atoms with Gasteiger partial charge in [0.05, 0.1) is 9.16 Å². The van der Waals surface area contributed by atoms with E-state index in [2.05, 4.69) is 31.9 Å². The van der Waals surface area contributed by atoms with Crippen LogP contribution < -0.4 is 0 Å². The van der Waals surface area contributed by atoms with E-state index in [9.17, 15) is 4.39 Å². The standard InChI is InChI=1S/C11H6Br2ClFS/c12-6-1-2-7(8(15)5-6)11(13)9-3-4-10(14)16-9/h1-5,11H. The second-order valence-electron chi connectivity index (χ2n) is 3.17. The third-order valence-corrected chi connectivity index (χ3v) is 5.16. The van der Waals surface area contributed by atoms with Gasteiger partial charge in [-0.05, 0) is 24.3 Å². The van der Waals surface area contributed by atoms with E-state index in [-0.39, 0.29) is 10.6 Å². The van der Waals surface area contributed by atoms with Gasteiger partial charge in [-0.1, -0.05) is 49.5 Å². The highest BCUT2D eigenvalue weighted by atomic mass is 79.9. The van der Waals surface area contributed by atoms with Crippen molar-refractivity contribution in [3.8, 4) is 0 Å². The molecule has 0 fully saturated rings. The van der Waals surface area contributed by atoms with Crippen LogP contribution in [0.2, 0.25) is 4.34 Å². The minimum atomic E-state index is -0.235. The zero-order chi connectivity index (χ0) is 11.7. The van der Waals surface area contributed by atoms with Gasteiger partial charge in [0.1, 0.15) is 5.82 Å². The lowest BCUT2D eigenvalue weighted by atomic mass is 10.1. The van der Waals surface area contributed by atoms with Crippen LogP contribution in [0.5, 0.6) is 0 Å². The highest BCUT2D eigenvalue weighted by Crippen LogP contribution is 2.38. The number of hydrogen-bond acceptors (Lipinski definition) is 1. The third kappa shape index (κ3) is 2.67. The zero-order valence-electron chi connectivity index (χ0n) is 7.88. The van der Waals surface area contributed by atoms with Crippen LogP contribution >= 0.6 is 54.8 Å². The van der Waals surface area contributed by atoms with Crippen molar-refractivity contribution in [1.82, 2.24) is 0 Å². The molecule has 2 rings (SSSR count). The molecule has 0 bridgehead atoms. The summed E-state index contributed by atoms with van der Waals surface area (Å²) in [5.41, 5.74) is 0.613. The first-order valence-electron chi connectivity index (χ1n) is 4.42. The molecule has 0 spiro atoms. The number of alkyl halides is 1. The maximum Gasteiger partial charge on any atom is 0.129 e. The monoisotopic (exact) mass is 382 g/mol. The first-order chi connectivity index (χ1) is 7.58. The van der Waals surface area contributed by atoms with Crippen LogP contribution in [0.4, 0.5) is 4.39 Å². The second-order valence-corrected chi connectivity index (χ2v) is 6.75. The summed E-state index contributed by atoms with van der Waals surface area (Å²) in [6.45, 7) is 0. The van der Waals surface area contributed by atoms with Crippen LogP contribution in [0.25, 0.3) is 0 Å². The Kier molecular flexibility index (Phi) is 4.06. The van der Waals surface area contributed by atoms with Crippen molar-refractivity contribution < 1.29 is 4.39 Å². The van der Waals surface area contributed by atoms with Crippen molar-refractivity contribution in [2.45, 2.75) is 4.83 Å². The lowest BCUT2D eigenvalue weighted by molar-refractivity contribution is 0.613. The van der Waals surface area contributed by atoms with Crippen molar-refractivity contribution in [2.75, 3.05) is 0 Å². The second kappa shape index (κ2) is 5.17. The minimum absolute atomic E-state index is 0.155. The van der Waals surface area contributed by atoms with E-state index >= 15 is 0 Å². The van der Waals surface area contributed by atoms with E-state index in [1.54, 1.807) is 6.07 Å². The van der Waals surface area contributed by atoms with Crippen LogP contribution in [0.3, 0.4) is 0 Å². The van der Waals surface area contributed by atoms with Gasteiger partial charge in [-0.3, -0.25) is 0 Å². The van der Waals surface area contributed by atoms with Crippen LogP contribution in [-0.2, 0) is 0 Å². The molecule has 1 heterocycles. The van der Waals surface area contributed by atoms with Gasteiger partial charge < -0.3 is 0 Å². The summed E-state index contributed by atoms with van der Waals surface area (Å²) >= 11 is 14.0. The lowest BCUT2D eigenvalue weighted by Crippen LogP contribution is -1.93. The Labute approximate surface area is 119 Å². The molecule has 0 saturated carbocycles. The van der Waals surface area contributed by atoms with Crippen molar-refractivity contribution in [1.29, 1.82) is 0 Å². The summed E-state index contributed by atoms with van der Waals surface area (Å²) in [7, 11) is 0. The quantitative estimate of drug-likeness (QED) is 0.575.